The molecule has 4 nitrogen and oxygen atoms in total. The van der Waals surface area contributed by atoms with E-state index in [2.05, 4.69) is 11.3 Å². The van der Waals surface area contributed by atoms with Crippen molar-refractivity contribution < 1.29 is 4.21 Å². The first-order valence-electron chi connectivity index (χ1n) is 6.84. The third-order valence-corrected chi connectivity index (χ3v) is 5.90. The van der Waals surface area contributed by atoms with Gasteiger partial charge in [-0.1, -0.05) is 20.8 Å². The second kappa shape index (κ2) is 6.91. The maximum absolute atomic E-state index is 13.3. The molecular weight excluding hydrogens is 258 g/mol. The molecule has 19 heavy (non-hydrogen) atoms. The van der Waals surface area contributed by atoms with Crippen molar-refractivity contribution in [3.05, 3.63) is 24.3 Å². The zero-order chi connectivity index (χ0) is 14.5. The number of nitrogens with zero attached hydrogens (tertiary/aromatic N) is 2. The molecule has 2 unspecified atom stereocenters. The van der Waals surface area contributed by atoms with E-state index in [4.69, 9.17) is 5.73 Å². The topological polar surface area (TPSA) is 58.7 Å². The fourth-order valence-corrected chi connectivity index (χ4v) is 4.19. The van der Waals surface area contributed by atoms with E-state index in [-0.39, 0.29) is 6.04 Å². The number of hydrogen-bond donors (Lipinski definition) is 1. The largest absolute Gasteiger partial charge is 0.399 e. The van der Waals surface area contributed by atoms with Gasteiger partial charge in [0.15, 0.2) is 0 Å². The zero-order valence-electron chi connectivity index (χ0n) is 12.3. The van der Waals surface area contributed by atoms with Gasteiger partial charge in [-0.15, -0.1) is 0 Å². The Morgan fingerprint density at radius 3 is 2.16 bits per heavy atom. The highest BCUT2D eigenvalue weighted by molar-refractivity contribution is 7.91. The van der Waals surface area contributed by atoms with Gasteiger partial charge in [0, 0.05) is 18.8 Å². The van der Waals surface area contributed by atoms with E-state index in [0.717, 1.165) is 11.3 Å². The van der Waals surface area contributed by atoms with Crippen molar-refractivity contribution in [1.82, 2.24) is 4.31 Å². The van der Waals surface area contributed by atoms with Crippen LogP contribution in [0.5, 0.6) is 0 Å². The monoisotopic (exact) mass is 283 g/mol. The number of benzene rings is 1. The predicted molar refractivity (Wildman–Crippen MR) is 82.4 cm³/mol. The van der Waals surface area contributed by atoms with Crippen LogP contribution in [0.4, 0.5) is 5.69 Å². The summed E-state index contributed by atoms with van der Waals surface area (Å²) in [5.41, 5.74) is 6.38. The molecule has 1 rings (SSSR count). The van der Waals surface area contributed by atoms with Crippen molar-refractivity contribution in [1.29, 1.82) is 0 Å². The molecule has 0 heterocycles. The Morgan fingerprint density at radius 2 is 1.74 bits per heavy atom. The SMILES string of the molecule is CCC(C)N=S(=O)(c1ccc(N)cc1)N(CC)CC. The first-order chi connectivity index (χ1) is 8.97. The van der Waals surface area contributed by atoms with Crippen LogP contribution in [0.15, 0.2) is 33.5 Å². The maximum Gasteiger partial charge on any atom is 0.140 e. The average Bonchev–Trinajstić information content (AvgIpc) is 2.40. The summed E-state index contributed by atoms with van der Waals surface area (Å²) in [6.45, 7) is 9.48. The summed E-state index contributed by atoms with van der Waals surface area (Å²) in [6.07, 6.45) is 0.882. The molecule has 0 aliphatic carbocycles. The molecule has 0 saturated carbocycles. The molecule has 1 aromatic carbocycles. The fraction of sp³-hybridized carbons (Fsp3) is 0.571. The molecule has 0 aromatic heterocycles. The zero-order valence-corrected chi connectivity index (χ0v) is 13.1. The molecule has 0 fully saturated rings. The van der Waals surface area contributed by atoms with E-state index in [1.54, 1.807) is 12.1 Å². The van der Waals surface area contributed by atoms with E-state index in [1.165, 1.54) is 0 Å². The lowest BCUT2D eigenvalue weighted by Crippen LogP contribution is -2.31. The first kappa shape index (κ1) is 16.0. The second-order valence-corrected chi connectivity index (χ2v) is 6.73. The van der Waals surface area contributed by atoms with Crippen LogP contribution in [0.25, 0.3) is 0 Å². The predicted octanol–water partition coefficient (Wildman–Crippen LogP) is 3.15. The summed E-state index contributed by atoms with van der Waals surface area (Å²) in [6, 6.07) is 7.28. The summed E-state index contributed by atoms with van der Waals surface area (Å²) in [4.78, 5) is 0.741. The van der Waals surface area contributed by atoms with Crippen molar-refractivity contribution in [2.45, 2.75) is 45.1 Å². The molecule has 0 bridgehead atoms. The van der Waals surface area contributed by atoms with Crippen molar-refractivity contribution in [2.24, 2.45) is 4.36 Å². The van der Waals surface area contributed by atoms with Gasteiger partial charge in [-0.25, -0.2) is 12.9 Å². The summed E-state index contributed by atoms with van der Waals surface area (Å²) in [5, 5.41) is 0. The standard InChI is InChI=1S/C14H25N3OS/c1-5-12(4)16-19(18,17(6-2)7-3)14-10-8-13(15)9-11-14/h8-12H,5-7,15H2,1-4H3. The molecule has 2 N–H and O–H groups in total. The van der Waals surface area contributed by atoms with Gasteiger partial charge >= 0.3 is 0 Å². The van der Waals surface area contributed by atoms with Gasteiger partial charge in [-0.2, -0.15) is 0 Å². The van der Waals surface area contributed by atoms with Crippen LogP contribution in [0.3, 0.4) is 0 Å². The lowest BCUT2D eigenvalue weighted by Gasteiger charge is -2.24. The van der Waals surface area contributed by atoms with Gasteiger partial charge in [0.1, 0.15) is 9.92 Å². The van der Waals surface area contributed by atoms with Crippen molar-refractivity contribution in [3.63, 3.8) is 0 Å². The molecular formula is C14H25N3OS. The maximum atomic E-state index is 13.3. The van der Waals surface area contributed by atoms with E-state index < -0.39 is 9.92 Å². The summed E-state index contributed by atoms with van der Waals surface area (Å²) >= 11 is 0. The molecule has 0 radical (unpaired) electrons. The lowest BCUT2D eigenvalue weighted by atomic mass is 10.3. The van der Waals surface area contributed by atoms with Crippen LogP contribution in [0.2, 0.25) is 0 Å². The lowest BCUT2D eigenvalue weighted by molar-refractivity contribution is 0.478. The van der Waals surface area contributed by atoms with E-state index in [9.17, 15) is 4.21 Å². The molecule has 1 aromatic rings. The van der Waals surface area contributed by atoms with Gasteiger partial charge in [0.25, 0.3) is 0 Å². The van der Waals surface area contributed by atoms with Crippen LogP contribution in [0.1, 0.15) is 34.1 Å². The van der Waals surface area contributed by atoms with E-state index in [0.29, 0.717) is 18.8 Å². The minimum Gasteiger partial charge on any atom is -0.399 e. The second-order valence-electron chi connectivity index (χ2n) is 4.54. The van der Waals surface area contributed by atoms with Crippen molar-refractivity contribution >= 4 is 15.6 Å². The minimum absolute atomic E-state index is 0.0747. The smallest absolute Gasteiger partial charge is 0.140 e. The van der Waals surface area contributed by atoms with Crippen LogP contribution in [-0.4, -0.2) is 27.6 Å². The Morgan fingerprint density at radius 1 is 1.21 bits per heavy atom. The van der Waals surface area contributed by atoms with Gasteiger partial charge < -0.3 is 5.73 Å². The van der Waals surface area contributed by atoms with Gasteiger partial charge in [0.2, 0.25) is 0 Å². The Labute approximate surface area is 117 Å². The van der Waals surface area contributed by atoms with E-state index in [1.807, 2.05) is 37.2 Å². The molecule has 0 spiro atoms. The molecule has 0 saturated heterocycles. The number of hydrogen-bond acceptors (Lipinski definition) is 3. The molecule has 2 atom stereocenters. The van der Waals surface area contributed by atoms with Crippen LogP contribution < -0.4 is 5.73 Å². The molecule has 0 amide bonds. The molecule has 0 aliphatic rings. The van der Waals surface area contributed by atoms with Gasteiger partial charge in [-0.05, 0) is 37.6 Å². The van der Waals surface area contributed by atoms with Gasteiger partial charge in [-0.3, -0.25) is 0 Å². The summed E-state index contributed by atoms with van der Waals surface area (Å²) in [7, 11) is -2.53. The van der Waals surface area contributed by atoms with Crippen molar-refractivity contribution in [3.8, 4) is 0 Å². The third-order valence-electron chi connectivity index (χ3n) is 3.16. The third kappa shape index (κ3) is 3.70. The Hall–Kier alpha value is -1.07. The van der Waals surface area contributed by atoms with Crippen LogP contribution in [-0.2, 0) is 9.92 Å². The summed E-state index contributed by atoms with van der Waals surface area (Å²) < 4.78 is 19.9. The highest BCUT2D eigenvalue weighted by Gasteiger charge is 2.20. The normalized spacial score (nSPS) is 16.1. The number of anilines is 1. The minimum atomic E-state index is -2.53. The van der Waals surface area contributed by atoms with Crippen LogP contribution >= 0.6 is 0 Å². The first-order valence-corrected chi connectivity index (χ1v) is 8.32. The molecule has 5 heteroatoms. The Balaban J connectivity index is 3.38. The Kier molecular flexibility index (Phi) is 5.82. The average molecular weight is 283 g/mol. The van der Waals surface area contributed by atoms with Crippen LogP contribution in [0, 0.1) is 0 Å². The summed E-state index contributed by atoms with van der Waals surface area (Å²) in [5.74, 6) is 0. The van der Waals surface area contributed by atoms with Crippen molar-refractivity contribution in [2.75, 3.05) is 18.8 Å². The fourth-order valence-electron chi connectivity index (χ4n) is 1.81. The highest BCUT2D eigenvalue weighted by Crippen LogP contribution is 2.21. The number of nitrogen functional groups attached to an aromatic ring is 1. The Bertz CT molecular complexity index is 500. The number of nitrogens with two attached hydrogens (primary N) is 1. The number of rotatable bonds is 6. The van der Waals surface area contributed by atoms with E-state index >= 15 is 0 Å². The van der Waals surface area contributed by atoms with Gasteiger partial charge in [0.05, 0.1) is 10.9 Å². The molecule has 108 valence electrons. The highest BCUT2D eigenvalue weighted by atomic mass is 32.2. The molecule has 0 aliphatic heterocycles. The quantitative estimate of drug-likeness (QED) is 0.815.